The quantitative estimate of drug-likeness (QED) is 0.241. The summed E-state index contributed by atoms with van der Waals surface area (Å²) >= 11 is 19.6. The summed E-state index contributed by atoms with van der Waals surface area (Å²) < 4.78 is 17.8. The van der Waals surface area contributed by atoms with Crippen LogP contribution < -0.4 is 9.47 Å². The number of ether oxygens (including phenoxy) is 2. The minimum absolute atomic E-state index is 0.0354. The lowest BCUT2D eigenvalue weighted by Gasteiger charge is -2.26. The first-order chi connectivity index (χ1) is 18.4. The normalized spacial score (nSPS) is 16.6. The number of rotatable bonds is 7. The number of carboxylic acid groups (broad SMARTS) is 1. The summed E-state index contributed by atoms with van der Waals surface area (Å²) in [4.78, 5) is 11.2. The fourth-order valence-corrected chi connectivity index (χ4v) is 5.74. The topological polar surface area (TPSA) is 81.8 Å². The van der Waals surface area contributed by atoms with Crippen molar-refractivity contribution < 1.29 is 23.9 Å². The number of aromatic nitrogens is 1. The van der Waals surface area contributed by atoms with Crippen molar-refractivity contribution in [2.45, 2.75) is 37.7 Å². The van der Waals surface area contributed by atoms with Crippen LogP contribution in [0, 0.1) is 0 Å². The van der Waals surface area contributed by atoms with Gasteiger partial charge >= 0.3 is 5.97 Å². The molecule has 1 fully saturated rings. The number of carboxylic acids is 1. The average Bonchev–Trinajstić information content (AvgIpc) is 3.67. The van der Waals surface area contributed by atoms with E-state index in [4.69, 9.17) is 48.8 Å². The van der Waals surface area contributed by atoms with Crippen molar-refractivity contribution >= 4 is 40.8 Å². The number of aromatic carboxylic acids is 1. The third-order valence-corrected chi connectivity index (χ3v) is 7.94. The monoisotopic (exact) mass is 569 g/mol. The Bertz CT molecular complexity index is 1530. The summed E-state index contributed by atoms with van der Waals surface area (Å²) in [7, 11) is 0. The molecule has 1 atom stereocenters. The molecule has 0 radical (unpaired) electrons. The van der Waals surface area contributed by atoms with Crippen LogP contribution in [0.25, 0.3) is 11.3 Å². The Morgan fingerprint density at radius 3 is 2.50 bits per heavy atom. The van der Waals surface area contributed by atoms with Crippen LogP contribution in [0.5, 0.6) is 11.5 Å². The zero-order valence-corrected chi connectivity index (χ0v) is 22.3. The number of carbonyl (C=O) groups is 1. The lowest BCUT2D eigenvalue weighted by atomic mass is 9.90. The lowest BCUT2D eigenvalue weighted by Crippen LogP contribution is -2.20. The predicted molar refractivity (Wildman–Crippen MR) is 145 cm³/mol. The van der Waals surface area contributed by atoms with Crippen molar-refractivity contribution in [2.24, 2.45) is 0 Å². The van der Waals surface area contributed by atoms with E-state index in [1.165, 1.54) is 0 Å². The van der Waals surface area contributed by atoms with E-state index in [0.29, 0.717) is 56.8 Å². The van der Waals surface area contributed by atoms with Crippen LogP contribution in [0.3, 0.4) is 0 Å². The van der Waals surface area contributed by atoms with Gasteiger partial charge in [0, 0.05) is 22.4 Å². The van der Waals surface area contributed by atoms with E-state index in [1.54, 1.807) is 42.5 Å². The van der Waals surface area contributed by atoms with Gasteiger partial charge in [-0.2, -0.15) is 0 Å². The third-order valence-electron chi connectivity index (χ3n) is 6.98. The van der Waals surface area contributed by atoms with Crippen LogP contribution in [-0.2, 0) is 13.0 Å². The maximum atomic E-state index is 11.2. The molecule has 0 saturated heterocycles. The number of benzene rings is 3. The van der Waals surface area contributed by atoms with Crippen molar-refractivity contribution in [3.05, 3.63) is 97.7 Å². The number of fused-ring (bicyclic) bond motifs is 1. The molecular weight excluding hydrogens is 549 g/mol. The summed E-state index contributed by atoms with van der Waals surface area (Å²) in [5.41, 5.74) is 4.16. The Morgan fingerprint density at radius 1 is 1.00 bits per heavy atom. The molecule has 1 N–H and O–H groups in total. The highest BCUT2D eigenvalue weighted by Gasteiger charge is 2.34. The summed E-state index contributed by atoms with van der Waals surface area (Å²) in [5, 5.41) is 15.1. The summed E-state index contributed by atoms with van der Waals surface area (Å²) in [6, 6.07) is 15.9. The van der Waals surface area contributed by atoms with E-state index < -0.39 is 5.97 Å². The Labute approximate surface area is 234 Å². The zero-order chi connectivity index (χ0) is 26.4. The van der Waals surface area contributed by atoms with Crippen LogP contribution in [0.4, 0.5) is 0 Å². The van der Waals surface area contributed by atoms with Gasteiger partial charge in [-0.15, -0.1) is 0 Å². The fraction of sp³-hybridized carbons (Fsp3) is 0.241. The molecule has 0 spiro atoms. The van der Waals surface area contributed by atoms with E-state index in [0.717, 1.165) is 35.3 Å². The molecule has 6 rings (SSSR count). The van der Waals surface area contributed by atoms with Crippen LogP contribution in [0.1, 0.15) is 57.5 Å². The second-order valence-electron chi connectivity index (χ2n) is 9.56. The third kappa shape index (κ3) is 4.84. The summed E-state index contributed by atoms with van der Waals surface area (Å²) in [6.45, 7) is 0.636. The van der Waals surface area contributed by atoms with Crippen molar-refractivity contribution in [1.82, 2.24) is 5.16 Å². The molecule has 0 bridgehead atoms. The van der Waals surface area contributed by atoms with E-state index in [1.807, 2.05) is 12.1 Å². The van der Waals surface area contributed by atoms with Crippen LogP contribution in [0.2, 0.25) is 15.1 Å². The van der Waals surface area contributed by atoms with E-state index in [2.05, 4.69) is 5.16 Å². The van der Waals surface area contributed by atoms with Crippen LogP contribution in [-0.4, -0.2) is 22.8 Å². The van der Waals surface area contributed by atoms with Gasteiger partial charge in [0.05, 0.1) is 27.8 Å². The molecule has 1 aliphatic carbocycles. The van der Waals surface area contributed by atoms with E-state index in [-0.39, 0.29) is 18.1 Å². The van der Waals surface area contributed by atoms with Gasteiger partial charge < -0.3 is 19.1 Å². The molecule has 1 unspecified atom stereocenters. The van der Waals surface area contributed by atoms with Crippen LogP contribution in [0.15, 0.2) is 59.1 Å². The van der Waals surface area contributed by atoms with Gasteiger partial charge in [0.15, 0.2) is 0 Å². The molecule has 3 aromatic carbocycles. The molecule has 9 heteroatoms. The minimum atomic E-state index is -0.977. The highest BCUT2D eigenvalue weighted by Crippen LogP contribution is 2.46. The smallest absolute Gasteiger partial charge is 0.335 e. The second-order valence-corrected chi connectivity index (χ2v) is 10.8. The Hall–Kier alpha value is -3.19. The Morgan fingerprint density at radius 2 is 1.79 bits per heavy atom. The van der Waals surface area contributed by atoms with E-state index in [9.17, 15) is 9.90 Å². The first kappa shape index (κ1) is 25.1. The molecule has 38 heavy (non-hydrogen) atoms. The Balaban J connectivity index is 1.21. The van der Waals surface area contributed by atoms with Gasteiger partial charge in [-0.25, -0.2) is 4.79 Å². The molecule has 2 heterocycles. The largest absolute Gasteiger partial charge is 0.493 e. The van der Waals surface area contributed by atoms with Crippen molar-refractivity contribution in [3.63, 3.8) is 0 Å². The maximum Gasteiger partial charge on any atom is 0.335 e. The van der Waals surface area contributed by atoms with Crippen molar-refractivity contribution in [3.8, 4) is 22.8 Å². The van der Waals surface area contributed by atoms with Gasteiger partial charge in [0.1, 0.15) is 29.6 Å². The highest BCUT2D eigenvalue weighted by atomic mass is 35.5. The molecule has 1 saturated carbocycles. The number of nitrogens with zero attached hydrogens (tertiary/aromatic N) is 1. The van der Waals surface area contributed by atoms with Gasteiger partial charge in [0.25, 0.3) is 0 Å². The number of hydrogen-bond acceptors (Lipinski definition) is 5. The van der Waals surface area contributed by atoms with Gasteiger partial charge in [-0.1, -0.05) is 58.2 Å². The highest BCUT2D eigenvalue weighted by molar-refractivity contribution is 6.39. The number of hydrogen-bond donors (Lipinski definition) is 1. The molecule has 6 nitrogen and oxygen atoms in total. The van der Waals surface area contributed by atoms with Crippen molar-refractivity contribution in [1.29, 1.82) is 0 Å². The first-order valence-electron chi connectivity index (χ1n) is 12.2. The lowest BCUT2D eigenvalue weighted by molar-refractivity contribution is 0.0696. The fourth-order valence-electron chi connectivity index (χ4n) is 4.84. The molecule has 1 aliphatic heterocycles. The molecular formula is C29H22Cl3NO5. The molecule has 2 aliphatic rings. The first-order valence-corrected chi connectivity index (χ1v) is 13.4. The zero-order valence-electron chi connectivity index (χ0n) is 20.0. The molecule has 0 amide bonds. The molecule has 1 aromatic heterocycles. The second kappa shape index (κ2) is 10.2. The Kier molecular flexibility index (Phi) is 6.72. The maximum absolute atomic E-state index is 11.2. The van der Waals surface area contributed by atoms with Gasteiger partial charge in [0.2, 0.25) is 0 Å². The molecule has 4 aromatic rings. The van der Waals surface area contributed by atoms with Gasteiger partial charge in [-0.3, -0.25) is 0 Å². The van der Waals surface area contributed by atoms with Crippen molar-refractivity contribution in [2.75, 3.05) is 6.61 Å². The summed E-state index contributed by atoms with van der Waals surface area (Å²) in [5.74, 6) is 1.40. The predicted octanol–water partition coefficient (Wildman–Crippen LogP) is 8.18. The van der Waals surface area contributed by atoms with Gasteiger partial charge in [-0.05, 0) is 66.8 Å². The van der Waals surface area contributed by atoms with Crippen LogP contribution >= 0.6 is 34.8 Å². The van der Waals surface area contributed by atoms with E-state index >= 15 is 0 Å². The molecule has 194 valence electrons. The number of halogens is 3. The average molecular weight is 571 g/mol. The standard InChI is InChI=1S/C29H22Cl3NO5/c30-22-2-1-3-23(31)26(22)27-21(28(38-33-27)15-4-5-15)14-36-19-8-9-20(24(32)12-19)18-10-16-6-7-17(29(34)35)11-25(16)37-13-18/h1-3,6-9,11-12,15,18H,4-5,10,13-14H2,(H,34,35). The summed E-state index contributed by atoms with van der Waals surface area (Å²) in [6.07, 6.45) is 2.79. The minimum Gasteiger partial charge on any atom is -0.493 e. The SMILES string of the molecule is O=C(O)c1ccc2c(c1)OCC(c1ccc(OCc3c(-c4c(Cl)cccc4Cl)noc3C3CC3)cc1Cl)C2.